The van der Waals surface area contributed by atoms with E-state index >= 15 is 0 Å². The van der Waals surface area contributed by atoms with Gasteiger partial charge in [0, 0.05) is 19.1 Å². The summed E-state index contributed by atoms with van der Waals surface area (Å²) < 4.78 is 4.71. The van der Waals surface area contributed by atoms with Gasteiger partial charge in [-0.05, 0) is 14.0 Å². The van der Waals surface area contributed by atoms with E-state index in [4.69, 9.17) is 4.74 Å². The molecule has 1 aliphatic rings. The molecule has 0 spiro atoms. The summed E-state index contributed by atoms with van der Waals surface area (Å²) in [6.07, 6.45) is 0.294. The van der Waals surface area contributed by atoms with Crippen LogP contribution in [0.1, 0.15) is 13.3 Å². The van der Waals surface area contributed by atoms with Crippen molar-refractivity contribution < 1.29 is 14.3 Å². The lowest BCUT2D eigenvalue weighted by Crippen LogP contribution is -2.41. The third-order valence-electron chi connectivity index (χ3n) is 2.28. The van der Waals surface area contributed by atoms with E-state index in [2.05, 4.69) is 5.32 Å². The summed E-state index contributed by atoms with van der Waals surface area (Å²) in [4.78, 5) is 24.0. The van der Waals surface area contributed by atoms with Gasteiger partial charge in [-0.2, -0.15) is 0 Å². The van der Waals surface area contributed by atoms with Gasteiger partial charge in [0.1, 0.15) is 0 Å². The van der Waals surface area contributed by atoms with Gasteiger partial charge in [-0.15, -0.1) is 0 Å². The number of carbonyl (C=O) groups excluding carboxylic acids is 2. The number of likely N-dealkylation sites (N-methyl/N-ethyl adjacent to an activating group) is 1. The highest BCUT2D eigenvalue weighted by Crippen LogP contribution is 2.02. The second kappa shape index (κ2) is 4.95. The Hall–Kier alpha value is -1.10. The largest absolute Gasteiger partial charge is 0.456 e. The van der Waals surface area contributed by atoms with Gasteiger partial charge >= 0.3 is 5.97 Å². The number of cyclic esters (lactones) is 1. The van der Waals surface area contributed by atoms with E-state index in [1.165, 1.54) is 0 Å². The van der Waals surface area contributed by atoms with E-state index in [0.29, 0.717) is 19.5 Å². The zero-order chi connectivity index (χ0) is 10.6. The molecule has 1 fully saturated rings. The lowest BCUT2D eigenvalue weighted by molar-refractivity contribution is -0.147. The van der Waals surface area contributed by atoms with E-state index in [1.54, 1.807) is 4.90 Å². The molecule has 0 aliphatic carbocycles. The number of hydrogen-bond donors (Lipinski definition) is 1. The van der Waals surface area contributed by atoms with E-state index < -0.39 is 0 Å². The second-order valence-corrected chi connectivity index (χ2v) is 3.44. The summed E-state index contributed by atoms with van der Waals surface area (Å²) >= 11 is 0. The number of carbonyl (C=O) groups is 2. The van der Waals surface area contributed by atoms with E-state index in [1.807, 2.05) is 14.0 Å². The van der Waals surface area contributed by atoms with Crippen molar-refractivity contribution in [2.75, 3.05) is 26.7 Å². The zero-order valence-corrected chi connectivity index (χ0v) is 8.58. The molecule has 0 aromatic carbocycles. The van der Waals surface area contributed by atoms with Crippen LogP contribution in [-0.4, -0.2) is 49.6 Å². The first-order chi connectivity index (χ1) is 6.63. The SMILES string of the molecule is CNC(C)CN1CCC(=O)OCC1=O. The monoisotopic (exact) mass is 200 g/mol. The Morgan fingerprint density at radius 2 is 2.29 bits per heavy atom. The molecule has 1 saturated heterocycles. The van der Waals surface area contributed by atoms with Crippen LogP contribution in [-0.2, 0) is 14.3 Å². The Labute approximate surface area is 83.4 Å². The first kappa shape index (κ1) is 11.0. The fourth-order valence-electron chi connectivity index (χ4n) is 1.27. The minimum Gasteiger partial charge on any atom is -0.456 e. The topological polar surface area (TPSA) is 58.6 Å². The number of amides is 1. The highest BCUT2D eigenvalue weighted by atomic mass is 16.5. The molecular weight excluding hydrogens is 184 g/mol. The number of ether oxygens (including phenoxy) is 1. The fourth-order valence-corrected chi connectivity index (χ4v) is 1.27. The van der Waals surface area contributed by atoms with Crippen LogP contribution in [0.2, 0.25) is 0 Å². The minimum atomic E-state index is -0.294. The average molecular weight is 200 g/mol. The average Bonchev–Trinajstić information content (AvgIpc) is 2.33. The quantitative estimate of drug-likeness (QED) is 0.616. The number of rotatable bonds is 3. The van der Waals surface area contributed by atoms with Crippen LogP contribution in [0.15, 0.2) is 0 Å². The molecule has 5 nitrogen and oxygen atoms in total. The van der Waals surface area contributed by atoms with Gasteiger partial charge in [0.2, 0.25) is 0 Å². The van der Waals surface area contributed by atoms with Crippen molar-refractivity contribution in [2.45, 2.75) is 19.4 Å². The molecule has 1 unspecified atom stereocenters. The smallest absolute Gasteiger partial charge is 0.308 e. The van der Waals surface area contributed by atoms with E-state index in [0.717, 1.165) is 0 Å². The summed E-state index contributed by atoms with van der Waals surface area (Å²) in [5.74, 6) is -0.407. The highest BCUT2D eigenvalue weighted by molar-refractivity contribution is 5.83. The molecule has 1 atom stereocenters. The molecule has 0 radical (unpaired) electrons. The Morgan fingerprint density at radius 1 is 1.57 bits per heavy atom. The molecule has 0 aromatic rings. The lowest BCUT2D eigenvalue weighted by atomic mass is 10.3. The number of hydrogen-bond acceptors (Lipinski definition) is 4. The molecule has 1 N–H and O–H groups in total. The van der Waals surface area contributed by atoms with Crippen molar-refractivity contribution >= 4 is 11.9 Å². The van der Waals surface area contributed by atoms with Crippen molar-refractivity contribution in [3.63, 3.8) is 0 Å². The van der Waals surface area contributed by atoms with Crippen molar-refractivity contribution in [1.29, 1.82) is 0 Å². The molecular formula is C9H16N2O3. The molecule has 1 rings (SSSR count). The van der Waals surface area contributed by atoms with Crippen molar-refractivity contribution in [1.82, 2.24) is 10.2 Å². The maximum absolute atomic E-state index is 11.4. The minimum absolute atomic E-state index is 0.113. The fraction of sp³-hybridized carbons (Fsp3) is 0.778. The summed E-state index contributed by atoms with van der Waals surface area (Å²) in [7, 11) is 1.84. The van der Waals surface area contributed by atoms with E-state index in [-0.39, 0.29) is 24.5 Å². The van der Waals surface area contributed by atoms with Crippen LogP contribution in [0.3, 0.4) is 0 Å². The predicted molar refractivity (Wildman–Crippen MR) is 50.7 cm³/mol. The maximum Gasteiger partial charge on any atom is 0.308 e. The summed E-state index contributed by atoms with van der Waals surface area (Å²) in [5.41, 5.74) is 0. The van der Waals surface area contributed by atoms with Crippen LogP contribution < -0.4 is 5.32 Å². The van der Waals surface area contributed by atoms with Gasteiger partial charge < -0.3 is 15.0 Å². The van der Waals surface area contributed by atoms with Crippen LogP contribution in [0.4, 0.5) is 0 Å². The first-order valence-electron chi connectivity index (χ1n) is 4.74. The molecule has 1 amide bonds. The molecule has 5 heteroatoms. The third-order valence-corrected chi connectivity index (χ3v) is 2.28. The Balaban J connectivity index is 2.49. The number of esters is 1. The second-order valence-electron chi connectivity index (χ2n) is 3.44. The Morgan fingerprint density at radius 3 is 2.93 bits per heavy atom. The van der Waals surface area contributed by atoms with Crippen LogP contribution in [0, 0.1) is 0 Å². The summed E-state index contributed by atoms with van der Waals surface area (Å²) in [6.45, 7) is 2.95. The normalized spacial score (nSPS) is 20.3. The summed E-state index contributed by atoms with van der Waals surface area (Å²) in [6, 6.07) is 0.229. The number of nitrogens with one attached hydrogen (secondary N) is 1. The molecule has 0 bridgehead atoms. The Bertz CT molecular complexity index is 230. The molecule has 1 aliphatic heterocycles. The molecule has 0 saturated carbocycles. The van der Waals surface area contributed by atoms with Crippen LogP contribution in [0.25, 0.3) is 0 Å². The van der Waals surface area contributed by atoms with Gasteiger partial charge in [0.05, 0.1) is 6.42 Å². The third kappa shape index (κ3) is 2.99. The van der Waals surface area contributed by atoms with Gasteiger partial charge in [-0.25, -0.2) is 0 Å². The van der Waals surface area contributed by atoms with Gasteiger partial charge in [-0.1, -0.05) is 0 Å². The zero-order valence-electron chi connectivity index (χ0n) is 8.58. The first-order valence-corrected chi connectivity index (χ1v) is 4.74. The summed E-state index contributed by atoms with van der Waals surface area (Å²) in [5, 5.41) is 3.04. The highest BCUT2D eigenvalue weighted by Gasteiger charge is 2.22. The van der Waals surface area contributed by atoms with Gasteiger partial charge in [0.25, 0.3) is 5.91 Å². The molecule has 1 heterocycles. The predicted octanol–water partition coefficient (Wildman–Crippen LogP) is -0.630. The lowest BCUT2D eigenvalue weighted by Gasteiger charge is -2.22. The maximum atomic E-state index is 11.4. The molecule has 80 valence electrons. The molecule has 0 aromatic heterocycles. The van der Waals surface area contributed by atoms with E-state index in [9.17, 15) is 9.59 Å². The number of nitrogens with zero attached hydrogens (tertiary/aromatic N) is 1. The van der Waals surface area contributed by atoms with Crippen molar-refractivity contribution in [3.8, 4) is 0 Å². The van der Waals surface area contributed by atoms with Crippen LogP contribution in [0.5, 0.6) is 0 Å². The van der Waals surface area contributed by atoms with Crippen LogP contribution >= 0.6 is 0 Å². The standard InChI is InChI=1S/C9H16N2O3/c1-7(10-2)5-11-4-3-9(13)14-6-8(11)12/h7,10H,3-6H2,1-2H3. The van der Waals surface area contributed by atoms with Gasteiger partial charge in [-0.3, -0.25) is 9.59 Å². The molecule has 14 heavy (non-hydrogen) atoms. The van der Waals surface area contributed by atoms with Crippen molar-refractivity contribution in [3.05, 3.63) is 0 Å². The van der Waals surface area contributed by atoms with Gasteiger partial charge in [0.15, 0.2) is 6.61 Å². The Kier molecular flexibility index (Phi) is 3.88. The van der Waals surface area contributed by atoms with Crippen molar-refractivity contribution in [2.24, 2.45) is 0 Å².